The number of aryl methyl sites for hydroxylation is 1. The number of nitrogens with zero attached hydrogens (tertiary/aromatic N) is 6. The Morgan fingerprint density at radius 1 is 1.36 bits per heavy atom. The zero-order valence-corrected chi connectivity index (χ0v) is 14.5. The number of rotatable bonds is 3. The van der Waals surface area contributed by atoms with Crippen molar-refractivity contribution in [1.29, 1.82) is 0 Å². The molecule has 0 aliphatic carbocycles. The van der Waals surface area contributed by atoms with Crippen LogP contribution in [0.15, 0.2) is 24.7 Å². The van der Waals surface area contributed by atoms with Crippen LogP contribution >= 0.6 is 0 Å². The van der Waals surface area contributed by atoms with Crippen molar-refractivity contribution in [3.05, 3.63) is 30.4 Å². The Bertz CT molecular complexity index is 949. The van der Waals surface area contributed by atoms with Crippen LogP contribution in [0, 0.1) is 0 Å². The van der Waals surface area contributed by atoms with Gasteiger partial charge in [-0.2, -0.15) is 14.7 Å². The molecule has 1 aliphatic rings. The summed E-state index contributed by atoms with van der Waals surface area (Å²) in [6.45, 7) is 1.46. The molecule has 4 heterocycles. The zero-order chi connectivity index (χ0) is 17.6. The van der Waals surface area contributed by atoms with Crippen molar-refractivity contribution in [2.24, 2.45) is 7.05 Å². The Labute approximate surface area is 145 Å². The van der Waals surface area contributed by atoms with Crippen LogP contribution in [-0.4, -0.2) is 63.1 Å². The third-order valence-corrected chi connectivity index (χ3v) is 4.74. The number of likely N-dealkylation sites (tertiary alicyclic amines) is 1. The van der Waals surface area contributed by atoms with Gasteiger partial charge in [0.25, 0.3) is 0 Å². The molecule has 1 amide bonds. The van der Waals surface area contributed by atoms with Gasteiger partial charge in [-0.15, -0.1) is 0 Å². The summed E-state index contributed by atoms with van der Waals surface area (Å²) in [4.78, 5) is 18.3. The van der Waals surface area contributed by atoms with Crippen LogP contribution in [0.4, 0.5) is 4.79 Å². The highest BCUT2D eigenvalue weighted by molar-refractivity contribution is 6.56. The Morgan fingerprint density at radius 3 is 2.84 bits per heavy atom. The summed E-state index contributed by atoms with van der Waals surface area (Å²) < 4.78 is 8.97. The van der Waals surface area contributed by atoms with Crippen molar-refractivity contribution in [2.45, 2.75) is 12.3 Å². The Hall–Kier alpha value is -2.84. The number of methoxy groups -OCH3 is 1. The van der Waals surface area contributed by atoms with Crippen molar-refractivity contribution < 1.29 is 9.53 Å². The number of amides is 1. The second-order valence-electron chi connectivity index (χ2n) is 6.37. The predicted molar refractivity (Wildman–Crippen MR) is 94.6 cm³/mol. The van der Waals surface area contributed by atoms with Gasteiger partial charge in [-0.25, -0.2) is 4.98 Å². The molecule has 9 heteroatoms. The topological polar surface area (TPSA) is 77.5 Å². The molecule has 8 nitrogen and oxygen atoms in total. The lowest BCUT2D eigenvalue weighted by Crippen LogP contribution is -2.27. The van der Waals surface area contributed by atoms with Crippen molar-refractivity contribution in [2.75, 3.05) is 20.2 Å². The van der Waals surface area contributed by atoms with E-state index in [1.807, 2.05) is 24.2 Å². The molecule has 0 saturated carbocycles. The summed E-state index contributed by atoms with van der Waals surface area (Å²) in [6, 6.07) is 1.92. The average Bonchev–Trinajstić information content (AvgIpc) is 3.32. The molecule has 1 atom stereocenters. The maximum Gasteiger partial charge on any atom is 0.217 e. The molecular formula is C16H19BN6O2. The van der Waals surface area contributed by atoms with Crippen molar-refractivity contribution in [1.82, 2.24) is 29.3 Å². The van der Waals surface area contributed by atoms with Gasteiger partial charge in [-0.1, -0.05) is 0 Å². The zero-order valence-electron chi connectivity index (χ0n) is 14.5. The highest BCUT2D eigenvalue weighted by Crippen LogP contribution is 2.31. The van der Waals surface area contributed by atoms with Gasteiger partial charge in [-0.05, 0) is 6.42 Å². The standard InChI is InChI=1S/C16H19BN6O2/c1-21-8-11(6-18-21)12-7-19-23-14(25-2)5-13(20-15(12)23)10-3-4-22(9-10)16(17)24/h5-8,10H,3-4,9,17H2,1-2H3. The first-order valence-electron chi connectivity index (χ1n) is 8.24. The smallest absolute Gasteiger partial charge is 0.217 e. The van der Waals surface area contributed by atoms with Crippen LogP contribution in [-0.2, 0) is 7.05 Å². The van der Waals surface area contributed by atoms with E-state index in [4.69, 9.17) is 9.72 Å². The fourth-order valence-electron chi connectivity index (χ4n) is 3.36. The summed E-state index contributed by atoms with van der Waals surface area (Å²) in [5.74, 6) is 0.951. The number of fused-ring (bicyclic) bond motifs is 1. The number of hydrogen-bond donors (Lipinski definition) is 0. The van der Waals surface area contributed by atoms with E-state index >= 15 is 0 Å². The SMILES string of the molecule is BC(=O)N1CCC(c2cc(OC)n3ncc(-c4cnn(C)c4)c3n2)C1. The summed E-state index contributed by atoms with van der Waals surface area (Å²) in [5, 5.41) is 8.64. The van der Waals surface area contributed by atoms with Gasteiger partial charge >= 0.3 is 0 Å². The predicted octanol–water partition coefficient (Wildman–Crippen LogP) is 0.681. The first-order chi connectivity index (χ1) is 12.1. The van der Waals surface area contributed by atoms with Crippen LogP contribution in [0.2, 0.25) is 0 Å². The van der Waals surface area contributed by atoms with Crippen molar-refractivity contribution >= 4 is 19.3 Å². The van der Waals surface area contributed by atoms with E-state index < -0.39 is 0 Å². The van der Waals surface area contributed by atoms with E-state index in [0.29, 0.717) is 12.4 Å². The Balaban J connectivity index is 1.80. The van der Waals surface area contributed by atoms with E-state index in [1.54, 1.807) is 36.5 Å². The molecule has 3 aromatic rings. The minimum Gasteiger partial charge on any atom is -0.481 e. The molecule has 0 spiro atoms. The van der Waals surface area contributed by atoms with Crippen LogP contribution in [0.3, 0.4) is 0 Å². The first-order valence-corrected chi connectivity index (χ1v) is 8.24. The summed E-state index contributed by atoms with van der Waals surface area (Å²) in [5.41, 5.74) is 3.54. The van der Waals surface area contributed by atoms with Crippen LogP contribution < -0.4 is 4.74 Å². The van der Waals surface area contributed by atoms with Gasteiger partial charge < -0.3 is 9.64 Å². The van der Waals surface area contributed by atoms with Crippen molar-refractivity contribution in [3.63, 3.8) is 0 Å². The normalized spacial score (nSPS) is 17.4. The van der Waals surface area contributed by atoms with E-state index in [0.717, 1.165) is 35.4 Å². The lowest BCUT2D eigenvalue weighted by molar-refractivity contribution is 0.231. The minimum atomic E-state index is 0.107. The second kappa shape index (κ2) is 5.91. The molecule has 1 unspecified atom stereocenters. The molecule has 0 bridgehead atoms. The van der Waals surface area contributed by atoms with E-state index in [1.165, 1.54) is 0 Å². The van der Waals surface area contributed by atoms with Gasteiger partial charge in [0.15, 0.2) is 11.5 Å². The number of hydrogen-bond acceptors (Lipinski definition) is 5. The van der Waals surface area contributed by atoms with Crippen LogP contribution in [0.5, 0.6) is 5.88 Å². The molecule has 3 aromatic heterocycles. The first kappa shape index (κ1) is 15.7. The monoisotopic (exact) mass is 338 g/mol. The van der Waals surface area contributed by atoms with E-state index in [9.17, 15) is 4.79 Å². The molecule has 1 fully saturated rings. The Kier molecular flexibility index (Phi) is 3.71. The third-order valence-electron chi connectivity index (χ3n) is 4.74. The Morgan fingerprint density at radius 2 is 2.20 bits per heavy atom. The third kappa shape index (κ3) is 2.65. The quantitative estimate of drug-likeness (QED) is 0.657. The molecule has 0 radical (unpaired) electrons. The fourth-order valence-corrected chi connectivity index (χ4v) is 3.36. The molecule has 1 aliphatic heterocycles. The summed E-state index contributed by atoms with van der Waals surface area (Å²) >= 11 is 0. The lowest BCUT2D eigenvalue weighted by Gasteiger charge is -2.15. The van der Waals surface area contributed by atoms with Gasteiger partial charge in [0.05, 0.1) is 25.2 Å². The summed E-state index contributed by atoms with van der Waals surface area (Å²) in [7, 11) is 5.11. The molecular weight excluding hydrogens is 319 g/mol. The number of ether oxygens (including phenoxy) is 1. The van der Waals surface area contributed by atoms with Crippen LogP contribution in [0.1, 0.15) is 18.0 Å². The lowest BCUT2D eigenvalue weighted by atomic mass is 10.0. The molecule has 25 heavy (non-hydrogen) atoms. The van der Waals surface area contributed by atoms with Gasteiger partial charge in [0.1, 0.15) is 0 Å². The van der Waals surface area contributed by atoms with Gasteiger partial charge in [-0.3, -0.25) is 9.48 Å². The molecule has 1 saturated heterocycles. The van der Waals surface area contributed by atoms with E-state index in [-0.39, 0.29) is 11.7 Å². The second-order valence-corrected chi connectivity index (χ2v) is 6.37. The minimum absolute atomic E-state index is 0.107. The molecule has 4 rings (SSSR count). The number of carbonyl (C=O) groups excluding carboxylic acids is 1. The molecule has 0 N–H and O–H groups in total. The molecule has 0 aromatic carbocycles. The largest absolute Gasteiger partial charge is 0.481 e. The maximum absolute atomic E-state index is 11.6. The average molecular weight is 338 g/mol. The highest BCUT2D eigenvalue weighted by atomic mass is 16.5. The van der Waals surface area contributed by atoms with Gasteiger partial charge in [0, 0.05) is 49.4 Å². The van der Waals surface area contributed by atoms with E-state index in [2.05, 4.69) is 10.2 Å². The van der Waals surface area contributed by atoms with Gasteiger partial charge in [0.2, 0.25) is 13.7 Å². The molecule has 128 valence electrons. The van der Waals surface area contributed by atoms with Crippen LogP contribution in [0.25, 0.3) is 16.8 Å². The highest BCUT2D eigenvalue weighted by Gasteiger charge is 2.27. The number of aromatic nitrogens is 5. The summed E-state index contributed by atoms with van der Waals surface area (Å²) in [6.07, 6.45) is 6.42. The fraction of sp³-hybridized carbons (Fsp3) is 0.375. The van der Waals surface area contributed by atoms with Crippen molar-refractivity contribution in [3.8, 4) is 17.0 Å². The number of carbonyl (C=O) groups is 1. The maximum atomic E-state index is 11.6.